The van der Waals surface area contributed by atoms with Crippen molar-refractivity contribution in [2.24, 2.45) is 0 Å². The summed E-state index contributed by atoms with van der Waals surface area (Å²) in [4.78, 5) is 26.5. The zero-order valence-electron chi connectivity index (χ0n) is 8.61. The predicted molar refractivity (Wildman–Crippen MR) is 58.1 cm³/mol. The van der Waals surface area contributed by atoms with E-state index in [1.54, 1.807) is 0 Å². The normalized spacial score (nSPS) is 12.4. The second-order valence-electron chi connectivity index (χ2n) is 3.48. The van der Waals surface area contributed by atoms with Gasteiger partial charge < -0.3 is 10.1 Å². The van der Waals surface area contributed by atoms with Crippen molar-refractivity contribution in [2.45, 2.75) is 6.10 Å². The highest BCUT2D eigenvalue weighted by molar-refractivity contribution is 5.26. The third kappa shape index (κ3) is 2.31. The van der Waals surface area contributed by atoms with E-state index in [4.69, 9.17) is 0 Å². The van der Waals surface area contributed by atoms with Crippen molar-refractivity contribution in [3.8, 4) is 0 Å². The molecule has 1 atom stereocenters. The lowest BCUT2D eigenvalue weighted by atomic mass is 10.0. The van der Waals surface area contributed by atoms with E-state index in [1.165, 1.54) is 24.3 Å². The lowest BCUT2D eigenvalue weighted by Gasteiger charge is -2.09. The van der Waals surface area contributed by atoms with Crippen molar-refractivity contribution in [1.82, 2.24) is 9.97 Å². The molecule has 0 saturated carbocycles. The molecular formula is C11H9FN2O3. The standard InChI is InChI=1S/C11H9FN2O3/c12-7-3-1-6(2-4-7)9(15)8-5-13-11(17)14-10(8)16/h1-5,9,15H,(H2,13,14,16,17). The molecule has 0 saturated heterocycles. The molecule has 2 aromatic rings. The van der Waals surface area contributed by atoms with Crippen LogP contribution in [0.25, 0.3) is 0 Å². The van der Waals surface area contributed by atoms with Gasteiger partial charge in [-0.05, 0) is 17.7 Å². The third-order valence-electron chi connectivity index (χ3n) is 2.33. The molecule has 1 heterocycles. The number of aromatic amines is 2. The van der Waals surface area contributed by atoms with E-state index in [0.717, 1.165) is 6.20 Å². The van der Waals surface area contributed by atoms with Crippen molar-refractivity contribution in [3.05, 3.63) is 68.2 Å². The van der Waals surface area contributed by atoms with E-state index in [0.29, 0.717) is 5.56 Å². The summed E-state index contributed by atoms with van der Waals surface area (Å²) < 4.78 is 12.7. The van der Waals surface area contributed by atoms with E-state index in [9.17, 15) is 19.1 Å². The first-order chi connectivity index (χ1) is 8.08. The lowest BCUT2D eigenvalue weighted by molar-refractivity contribution is 0.218. The number of nitrogens with one attached hydrogen (secondary N) is 2. The van der Waals surface area contributed by atoms with E-state index in [2.05, 4.69) is 4.98 Å². The average molecular weight is 236 g/mol. The Morgan fingerprint density at radius 3 is 2.41 bits per heavy atom. The van der Waals surface area contributed by atoms with Crippen molar-refractivity contribution in [3.63, 3.8) is 0 Å². The van der Waals surface area contributed by atoms with Crippen LogP contribution in [0.3, 0.4) is 0 Å². The summed E-state index contributed by atoms with van der Waals surface area (Å²) >= 11 is 0. The second kappa shape index (κ2) is 4.34. The van der Waals surface area contributed by atoms with Crippen molar-refractivity contribution < 1.29 is 9.50 Å². The highest BCUT2D eigenvalue weighted by atomic mass is 19.1. The molecular weight excluding hydrogens is 227 g/mol. The molecule has 1 aromatic heterocycles. The SMILES string of the molecule is O=c1[nH]cc(C(O)c2ccc(F)cc2)c(=O)[nH]1. The minimum Gasteiger partial charge on any atom is -0.383 e. The number of rotatable bonds is 2. The second-order valence-corrected chi connectivity index (χ2v) is 3.48. The number of aromatic nitrogens is 2. The van der Waals surface area contributed by atoms with E-state index in [-0.39, 0.29) is 5.56 Å². The van der Waals surface area contributed by atoms with Gasteiger partial charge in [-0.25, -0.2) is 9.18 Å². The zero-order valence-corrected chi connectivity index (χ0v) is 8.61. The molecule has 0 bridgehead atoms. The number of benzene rings is 1. The molecule has 1 aromatic carbocycles. The minimum atomic E-state index is -1.21. The number of halogens is 1. The molecule has 88 valence electrons. The highest BCUT2D eigenvalue weighted by Gasteiger charge is 2.14. The molecule has 0 radical (unpaired) electrons. The van der Waals surface area contributed by atoms with Gasteiger partial charge in [-0.3, -0.25) is 9.78 Å². The summed E-state index contributed by atoms with van der Waals surface area (Å²) in [5.41, 5.74) is -0.962. The summed E-state index contributed by atoms with van der Waals surface area (Å²) in [6.07, 6.45) is -0.0777. The Morgan fingerprint density at radius 1 is 1.18 bits per heavy atom. The van der Waals surface area contributed by atoms with Crippen molar-refractivity contribution >= 4 is 0 Å². The van der Waals surface area contributed by atoms with Crippen LogP contribution in [-0.2, 0) is 0 Å². The van der Waals surface area contributed by atoms with E-state index in [1.807, 2.05) is 4.98 Å². The summed E-state index contributed by atoms with van der Waals surface area (Å²) in [5.74, 6) is -0.434. The lowest BCUT2D eigenvalue weighted by Crippen LogP contribution is -2.26. The van der Waals surface area contributed by atoms with Crippen LogP contribution in [0.4, 0.5) is 4.39 Å². The molecule has 0 spiro atoms. The van der Waals surface area contributed by atoms with E-state index < -0.39 is 23.2 Å². The Balaban J connectivity index is 2.43. The molecule has 0 aliphatic heterocycles. The molecule has 1 unspecified atom stereocenters. The fraction of sp³-hybridized carbons (Fsp3) is 0.0909. The third-order valence-corrected chi connectivity index (χ3v) is 2.33. The Kier molecular flexibility index (Phi) is 2.88. The summed E-state index contributed by atoms with van der Waals surface area (Å²) in [6.45, 7) is 0. The number of aliphatic hydroxyl groups excluding tert-OH is 1. The van der Waals surface area contributed by atoms with Crippen LogP contribution in [0.5, 0.6) is 0 Å². The van der Waals surface area contributed by atoms with Gasteiger partial charge in [0.15, 0.2) is 0 Å². The van der Waals surface area contributed by atoms with Gasteiger partial charge >= 0.3 is 5.69 Å². The molecule has 3 N–H and O–H groups in total. The van der Waals surface area contributed by atoms with Crippen molar-refractivity contribution in [1.29, 1.82) is 0 Å². The Labute approximate surface area is 94.6 Å². The first-order valence-electron chi connectivity index (χ1n) is 4.83. The molecule has 2 rings (SSSR count). The first-order valence-corrected chi connectivity index (χ1v) is 4.83. The van der Waals surface area contributed by atoms with Crippen LogP contribution >= 0.6 is 0 Å². The van der Waals surface area contributed by atoms with Gasteiger partial charge in [0.1, 0.15) is 11.9 Å². The van der Waals surface area contributed by atoms with Crippen LogP contribution in [0.2, 0.25) is 0 Å². The minimum absolute atomic E-state index is 0.00351. The molecule has 0 aliphatic carbocycles. The maximum atomic E-state index is 12.7. The molecule has 5 nitrogen and oxygen atoms in total. The molecule has 0 amide bonds. The monoisotopic (exact) mass is 236 g/mol. The van der Waals surface area contributed by atoms with E-state index >= 15 is 0 Å². The fourth-order valence-corrected chi connectivity index (χ4v) is 1.45. The van der Waals surface area contributed by atoms with Crippen LogP contribution in [0.1, 0.15) is 17.2 Å². The largest absolute Gasteiger partial charge is 0.383 e. The smallest absolute Gasteiger partial charge is 0.325 e. The highest BCUT2D eigenvalue weighted by Crippen LogP contribution is 2.18. The van der Waals surface area contributed by atoms with Gasteiger partial charge in [0.25, 0.3) is 5.56 Å². The van der Waals surface area contributed by atoms with Crippen LogP contribution in [0, 0.1) is 5.82 Å². The average Bonchev–Trinajstić information content (AvgIpc) is 2.29. The van der Waals surface area contributed by atoms with Crippen molar-refractivity contribution in [2.75, 3.05) is 0 Å². The molecule has 6 heteroatoms. The van der Waals surface area contributed by atoms with Crippen LogP contribution in [-0.4, -0.2) is 15.1 Å². The fourth-order valence-electron chi connectivity index (χ4n) is 1.45. The van der Waals surface area contributed by atoms with Gasteiger partial charge in [-0.2, -0.15) is 0 Å². The number of hydrogen-bond acceptors (Lipinski definition) is 3. The Hall–Kier alpha value is -2.21. The summed E-state index contributed by atoms with van der Waals surface area (Å²) in [5, 5.41) is 9.89. The first kappa shape index (κ1) is 11.3. The van der Waals surface area contributed by atoms with Gasteiger partial charge in [0, 0.05) is 6.20 Å². The maximum Gasteiger partial charge on any atom is 0.325 e. The number of H-pyrrole nitrogens is 2. The van der Waals surface area contributed by atoms with Gasteiger partial charge in [0.05, 0.1) is 5.56 Å². The summed E-state index contributed by atoms with van der Waals surface area (Å²) in [6, 6.07) is 5.09. The van der Waals surface area contributed by atoms with Crippen LogP contribution < -0.4 is 11.2 Å². The number of aliphatic hydroxyl groups is 1. The van der Waals surface area contributed by atoms with Gasteiger partial charge in [0.2, 0.25) is 0 Å². The maximum absolute atomic E-state index is 12.7. The Bertz CT molecular complexity index is 630. The molecule has 0 aliphatic rings. The summed E-state index contributed by atoms with van der Waals surface area (Å²) in [7, 11) is 0. The van der Waals surface area contributed by atoms with Crippen LogP contribution in [0.15, 0.2) is 40.1 Å². The van der Waals surface area contributed by atoms with Gasteiger partial charge in [-0.15, -0.1) is 0 Å². The quantitative estimate of drug-likeness (QED) is 0.700. The molecule has 17 heavy (non-hydrogen) atoms. The molecule has 0 fully saturated rings. The Morgan fingerprint density at radius 2 is 1.82 bits per heavy atom. The zero-order chi connectivity index (χ0) is 12.4. The predicted octanol–water partition coefficient (Wildman–Crippen LogP) is 0.284. The topological polar surface area (TPSA) is 85.9 Å². The van der Waals surface area contributed by atoms with Gasteiger partial charge in [-0.1, -0.05) is 12.1 Å². The number of hydrogen-bond donors (Lipinski definition) is 3.